The van der Waals surface area contributed by atoms with Crippen molar-refractivity contribution < 1.29 is 0 Å². The molecule has 0 aliphatic rings. The second-order valence-corrected chi connectivity index (χ2v) is 3.44. The van der Waals surface area contributed by atoms with Gasteiger partial charge in [0, 0.05) is 18.1 Å². The molecule has 72 valence electrons. The highest BCUT2D eigenvalue weighted by Gasteiger charge is 2.00. The van der Waals surface area contributed by atoms with Crippen molar-refractivity contribution in [2.45, 2.75) is 20.3 Å². The van der Waals surface area contributed by atoms with Gasteiger partial charge in [-0.2, -0.15) is 0 Å². The Kier molecular flexibility index (Phi) is 2.35. The minimum Gasteiger partial charge on any atom is -0.306 e. The molecule has 0 saturated carbocycles. The number of hydrogen-bond donors (Lipinski definition) is 0. The Morgan fingerprint density at radius 2 is 2.21 bits per heavy atom. The van der Waals surface area contributed by atoms with Crippen molar-refractivity contribution >= 4 is 0 Å². The first-order chi connectivity index (χ1) is 6.81. The van der Waals surface area contributed by atoms with E-state index in [1.807, 2.05) is 12.5 Å². The highest BCUT2D eigenvalue weighted by molar-refractivity contribution is 5.43. The Morgan fingerprint density at radius 3 is 2.86 bits per heavy atom. The van der Waals surface area contributed by atoms with Crippen molar-refractivity contribution in [2.24, 2.45) is 0 Å². The summed E-state index contributed by atoms with van der Waals surface area (Å²) in [6, 6.07) is 6.56. The molecule has 0 N–H and O–H groups in total. The summed E-state index contributed by atoms with van der Waals surface area (Å²) in [4.78, 5) is 4.06. The Balaban J connectivity index is 2.51. The van der Waals surface area contributed by atoms with Gasteiger partial charge in [-0.15, -0.1) is 0 Å². The molecule has 0 aliphatic heterocycles. The lowest BCUT2D eigenvalue weighted by atomic mass is 10.1. The van der Waals surface area contributed by atoms with E-state index >= 15 is 0 Å². The third-order valence-corrected chi connectivity index (χ3v) is 2.46. The van der Waals surface area contributed by atoms with Crippen LogP contribution in [0.5, 0.6) is 0 Å². The second kappa shape index (κ2) is 3.66. The molecule has 0 unspecified atom stereocenters. The van der Waals surface area contributed by atoms with Gasteiger partial charge in [0.15, 0.2) is 0 Å². The molecule has 0 saturated heterocycles. The fraction of sp³-hybridized carbons (Fsp3) is 0.250. The standard InChI is InChI=1S/C12H14N2/c1-3-11-5-4-10(2)12(8-11)14-7-6-13-9-14/h4-9H,3H2,1-2H3. The van der Waals surface area contributed by atoms with Crippen LogP contribution in [-0.2, 0) is 6.42 Å². The van der Waals surface area contributed by atoms with Gasteiger partial charge in [0.05, 0.1) is 6.33 Å². The van der Waals surface area contributed by atoms with Crippen molar-refractivity contribution in [3.63, 3.8) is 0 Å². The van der Waals surface area contributed by atoms with Crippen molar-refractivity contribution in [3.05, 3.63) is 48.0 Å². The molecule has 1 aromatic heterocycles. The van der Waals surface area contributed by atoms with Crippen molar-refractivity contribution in [1.82, 2.24) is 9.55 Å². The van der Waals surface area contributed by atoms with E-state index in [2.05, 4.69) is 41.6 Å². The summed E-state index contributed by atoms with van der Waals surface area (Å²) in [6.45, 7) is 4.29. The van der Waals surface area contributed by atoms with Gasteiger partial charge >= 0.3 is 0 Å². The largest absolute Gasteiger partial charge is 0.306 e. The highest BCUT2D eigenvalue weighted by atomic mass is 15.0. The minimum atomic E-state index is 1.07. The van der Waals surface area contributed by atoms with E-state index in [0.29, 0.717) is 0 Å². The number of nitrogens with zero attached hydrogens (tertiary/aromatic N) is 2. The lowest BCUT2D eigenvalue weighted by molar-refractivity contribution is 1.02. The molecule has 0 bridgehead atoms. The van der Waals surface area contributed by atoms with E-state index in [4.69, 9.17) is 0 Å². The van der Waals surface area contributed by atoms with Crippen LogP contribution in [0.4, 0.5) is 0 Å². The molecule has 2 heteroatoms. The average Bonchev–Trinajstić information content (AvgIpc) is 2.71. The van der Waals surface area contributed by atoms with Crippen LogP contribution in [0, 0.1) is 6.92 Å². The number of rotatable bonds is 2. The van der Waals surface area contributed by atoms with Crippen LogP contribution < -0.4 is 0 Å². The van der Waals surface area contributed by atoms with Gasteiger partial charge < -0.3 is 4.57 Å². The lowest BCUT2D eigenvalue weighted by Crippen LogP contribution is -1.95. The number of hydrogen-bond acceptors (Lipinski definition) is 1. The van der Waals surface area contributed by atoms with Gasteiger partial charge in [-0.3, -0.25) is 0 Å². The van der Waals surface area contributed by atoms with Gasteiger partial charge in [0.1, 0.15) is 0 Å². The summed E-state index contributed by atoms with van der Waals surface area (Å²) >= 11 is 0. The quantitative estimate of drug-likeness (QED) is 0.705. The van der Waals surface area contributed by atoms with Gasteiger partial charge in [-0.1, -0.05) is 19.1 Å². The molecule has 0 atom stereocenters. The van der Waals surface area contributed by atoms with E-state index < -0.39 is 0 Å². The topological polar surface area (TPSA) is 17.8 Å². The summed E-state index contributed by atoms with van der Waals surface area (Å²) in [5.41, 5.74) is 3.86. The first kappa shape index (κ1) is 9.00. The Hall–Kier alpha value is -1.57. The SMILES string of the molecule is CCc1ccc(C)c(-n2ccnc2)c1. The minimum absolute atomic E-state index is 1.07. The first-order valence-electron chi connectivity index (χ1n) is 4.89. The van der Waals surface area contributed by atoms with Crippen molar-refractivity contribution in [1.29, 1.82) is 0 Å². The molecular formula is C12H14N2. The van der Waals surface area contributed by atoms with E-state index in [-0.39, 0.29) is 0 Å². The van der Waals surface area contributed by atoms with Crippen molar-refractivity contribution in [2.75, 3.05) is 0 Å². The predicted molar refractivity (Wildman–Crippen MR) is 57.7 cm³/mol. The lowest BCUT2D eigenvalue weighted by Gasteiger charge is -2.08. The number of aryl methyl sites for hydroxylation is 2. The maximum atomic E-state index is 4.06. The number of imidazole rings is 1. The van der Waals surface area contributed by atoms with Crippen LogP contribution in [0.15, 0.2) is 36.9 Å². The van der Waals surface area contributed by atoms with E-state index in [1.54, 1.807) is 6.20 Å². The number of aromatic nitrogens is 2. The van der Waals surface area contributed by atoms with E-state index in [9.17, 15) is 0 Å². The predicted octanol–water partition coefficient (Wildman–Crippen LogP) is 2.74. The van der Waals surface area contributed by atoms with Crippen LogP contribution >= 0.6 is 0 Å². The van der Waals surface area contributed by atoms with E-state index in [0.717, 1.165) is 6.42 Å². The van der Waals surface area contributed by atoms with Crippen LogP contribution in [0.2, 0.25) is 0 Å². The zero-order valence-electron chi connectivity index (χ0n) is 8.57. The fourth-order valence-corrected chi connectivity index (χ4v) is 1.55. The van der Waals surface area contributed by atoms with Crippen molar-refractivity contribution in [3.8, 4) is 5.69 Å². The molecule has 0 amide bonds. The maximum absolute atomic E-state index is 4.06. The monoisotopic (exact) mass is 186 g/mol. The summed E-state index contributed by atoms with van der Waals surface area (Å²) in [5, 5.41) is 0. The third-order valence-electron chi connectivity index (χ3n) is 2.46. The zero-order chi connectivity index (χ0) is 9.97. The molecule has 1 aromatic carbocycles. The molecule has 2 rings (SSSR count). The van der Waals surface area contributed by atoms with E-state index in [1.165, 1.54) is 16.8 Å². The second-order valence-electron chi connectivity index (χ2n) is 3.44. The molecule has 0 aliphatic carbocycles. The molecule has 0 fully saturated rings. The van der Waals surface area contributed by atoms with Gasteiger partial charge in [0.25, 0.3) is 0 Å². The Labute approximate surface area is 84.2 Å². The normalized spacial score (nSPS) is 10.4. The smallest absolute Gasteiger partial charge is 0.0991 e. The summed E-state index contributed by atoms with van der Waals surface area (Å²) in [5.74, 6) is 0. The first-order valence-corrected chi connectivity index (χ1v) is 4.89. The van der Waals surface area contributed by atoms with Gasteiger partial charge in [-0.05, 0) is 30.5 Å². The molecule has 1 heterocycles. The Bertz CT molecular complexity index is 416. The fourth-order valence-electron chi connectivity index (χ4n) is 1.55. The number of benzene rings is 1. The molecule has 14 heavy (non-hydrogen) atoms. The third kappa shape index (κ3) is 1.55. The zero-order valence-corrected chi connectivity index (χ0v) is 8.57. The maximum Gasteiger partial charge on any atom is 0.0991 e. The van der Waals surface area contributed by atoms with Crippen LogP contribution in [0.25, 0.3) is 5.69 Å². The summed E-state index contributed by atoms with van der Waals surface area (Å²) < 4.78 is 2.05. The van der Waals surface area contributed by atoms with Gasteiger partial charge in [-0.25, -0.2) is 4.98 Å². The average molecular weight is 186 g/mol. The summed E-state index contributed by atoms with van der Waals surface area (Å²) in [6.07, 6.45) is 6.68. The Morgan fingerprint density at radius 1 is 1.36 bits per heavy atom. The molecule has 2 nitrogen and oxygen atoms in total. The summed E-state index contributed by atoms with van der Waals surface area (Å²) in [7, 11) is 0. The molecule has 0 radical (unpaired) electrons. The van der Waals surface area contributed by atoms with Crippen LogP contribution in [0.3, 0.4) is 0 Å². The van der Waals surface area contributed by atoms with Crippen LogP contribution in [0.1, 0.15) is 18.1 Å². The highest BCUT2D eigenvalue weighted by Crippen LogP contribution is 2.15. The molecule has 0 spiro atoms. The molecular weight excluding hydrogens is 172 g/mol. The van der Waals surface area contributed by atoms with Crippen LogP contribution in [-0.4, -0.2) is 9.55 Å². The van der Waals surface area contributed by atoms with Gasteiger partial charge in [0.2, 0.25) is 0 Å². The molecule has 2 aromatic rings.